The van der Waals surface area contributed by atoms with Crippen LogP contribution in [0.3, 0.4) is 0 Å². The van der Waals surface area contributed by atoms with Gasteiger partial charge in [-0.25, -0.2) is 0 Å². The van der Waals surface area contributed by atoms with Crippen LogP contribution in [0.1, 0.15) is 20.3 Å². The molecule has 0 fully saturated rings. The summed E-state index contributed by atoms with van der Waals surface area (Å²) in [4.78, 5) is 10.8. The molecule has 0 saturated heterocycles. The molecule has 96 valence electrons. The largest absolute Gasteiger partial charge is 0.481 e. The van der Waals surface area contributed by atoms with Gasteiger partial charge >= 0.3 is 5.97 Å². The van der Waals surface area contributed by atoms with Crippen LogP contribution < -0.4 is 0 Å². The monoisotopic (exact) mass is 234 g/mol. The van der Waals surface area contributed by atoms with Crippen molar-refractivity contribution >= 4 is 5.97 Å². The van der Waals surface area contributed by atoms with Crippen molar-refractivity contribution in [1.82, 2.24) is 0 Å². The van der Waals surface area contributed by atoms with E-state index in [4.69, 9.17) is 19.3 Å². The molecule has 0 spiro atoms. The number of carboxylic acid groups (broad SMARTS) is 1. The first-order valence-electron chi connectivity index (χ1n) is 5.38. The Labute approximate surface area is 96.7 Å². The summed E-state index contributed by atoms with van der Waals surface area (Å²) < 4.78 is 15.3. The topological polar surface area (TPSA) is 65.0 Å². The van der Waals surface area contributed by atoms with Gasteiger partial charge in [0.05, 0.1) is 31.8 Å². The summed E-state index contributed by atoms with van der Waals surface area (Å²) in [6, 6.07) is 0. The summed E-state index contributed by atoms with van der Waals surface area (Å²) in [7, 11) is 1.62. The molecule has 0 radical (unpaired) electrons. The molecule has 0 aromatic carbocycles. The molecule has 0 bridgehead atoms. The normalized spacial score (nSPS) is 11.7. The van der Waals surface area contributed by atoms with Crippen molar-refractivity contribution in [2.75, 3.05) is 40.1 Å². The lowest BCUT2D eigenvalue weighted by molar-refractivity contribution is -0.148. The Morgan fingerprint density at radius 3 is 2.06 bits per heavy atom. The molecular weight excluding hydrogens is 212 g/mol. The van der Waals surface area contributed by atoms with E-state index >= 15 is 0 Å². The average molecular weight is 234 g/mol. The lowest BCUT2D eigenvalue weighted by Gasteiger charge is -2.18. The molecule has 0 aliphatic carbocycles. The number of carbonyl (C=O) groups is 1. The van der Waals surface area contributed by atoms with E-state index in [0.717, 1.165) is 0 Å². The molecule has 5 heteroatoms. The molecular formula is C11H22O5. The quantitative estimate of drug-likeness (QED) is 0.575. The van der Waals surface area contributed by atoms with Crippen LogP contribution in [0.2, 0.25) is 0 Å². The van der Waals surface area contributed by atoms with Crippen LogP contribution in [0.5, 0.6) is 0 Å². The standard InChI is InChI=1S/C11H22O5/c1-11(2,10(12)13)4-5-15-8-9-16-7-6-14-3/h4-9H2,1-3H3,(H,12,13). The smallest absolute Gasteiger partial charge is 0.309 e. The molecule has 0 aromatic rings. The summed E-state index contributed by atoms with van der Waals surface area (Å²) in [6.07, 6.45) is 0.500. The fourth-order valence-corrected chi connectivity index (χ4v) is 0.898. The van der Waals surface area contributed by atoms with Crippen LogP contribution in [-0.2, 0) is 19.0 Å². The maximum atomic E-state index is 10.8. The van der Waals surface area contributed by atoms with Crippen molar-refractivity contribution < 1.29 is 24.1 Å². The van der Waals surface area contributed by atoms with Crippen LogP contribution >= 0.6 is 0 Å². The molecule has 0 atom stereocenters. The number of hydrogen-bond acceptors (Lipinski definition) is 4. The van der Waals surface area contributed by atoms with Crippen LogP contribution in [0.25, 0.3) is 0 Å². The predicted octanol–water partition coefficient (Wildman–Crippen LogP) is 1.17. The second kappa shape index (κ2) is 8.50. The molecule has 0 heterocycles. The van der Waals surface area contributed by atoms with Crippen molar-refractivity contribution in [2.45, 2.75) is 20.3 Å². The third kappa shape index (κ3) is 7.62. The minimum Gasteiger partial charge on any atom is -0.481 e. The Kier molecular flexibility index (Phi) is 8.15. The Morgan fingerprint density at radius 2 is 1.56 bits per heavy atom. The van der Waals surface area contributed by atoms with E-state index < -0.39 is 11.4 Å². The molecule has 0 amide bonds. The van der Waals surface area contributed by atoms with E-state index in [-0.39, 0.29) is 0 Å². The van der Waals surface area contributed by atoms with Crippen LogP contribution in [0, 0.1) is 5.41 Å². The first-order chi connectivity index (χ1) is 7.50. The maximum absolute atomic E-state index is 10.8. The molecule has 0 aliphatic heterocycles. The molecule has 0 unspecified atom stereocenters. The maximum Gasteiger partial charge on any atom is 0.309 e. The fraction of sp³-hybridized carbons (Fsp3) is 0.909. The average Bonchev–Trinajstić information content (AvgIpc) is 2.21. The summed E-state index contributed by atoms with van der Waals surface area (Å²) in [5.74, 6) is -0.799. The van der Waals surface area contributed by atoms with Crippen LogP contribution in [-0.4, -0.2) is 51.2 Å². The number of rotatable bonds is 10. The predicted molar refractivity (Wildman–Crippen MR) is 59.5 cm³/mol. The Hall–Kier alpha value is -0.650. The minimum atomic E-state index is -0.799. The van der Waals surface area contributed by atoms with Crippen molar-refractivity contribution in [3.63, 3.8) is 0 Å². The molecule has 0 aliphatic rings. The van der Waals surface area contributed by atoms with Gasteiger partial charge in [-0.3, -0.25) is 4.79 Å². The zero-order chi connectivity index (χ0) is 12.4. The minimum absolute atomic E-state index is 0.437. The number of carboxylic acids is 1. The van der Waals surface area contributed by atoms with E-state index in [2.05, 4.69) is 0 Å². The highest BCUT2D eigenvalue weighted by atomic mass is 16.5. The first kappa shape index (κ1) is 15.3. The highest BCUT2D eigenvalue weighted by Crippen LogP contribution is 2.19. The van der Waals surface area contributed by atoms with Gasteiger partial charge in [0.2, 0.25) is 0 Å². The Balaban J connectivity index is 3.30. The zero-order valence-electron chi connectivity index (χ0n) is 10.3. The van der Waals surface area contributed by atoms with E-state index in [9.17, 15) is 4.79 Å². The number of hydrogen-bond donors (Lipinski definition) is 1. The lowest BCUT2D eigenvalue weighted by Crippen LogP contribution is -2.25. The Morgan fingerprint density at radius 1 is 1.06 bits per heavy atom. The first-order valence-corrected chi connectivity index (χ1v) is 5.38. The number of aliphatic carboxylic acids is 1. The Bertz CT molecular complexity index is 191. The van der Waals surface area contributed by atoms with Gasteiger partial charge < -0.3 is 19.3 Å². The van der Waals surface area contributed by atoms with Crippen LogP contribution in [0.4, 0.5) is 0 Å². The van der Waals surface area contributed by atoms with Crippen molar-refractivity contribution in [1.29, 1.82) is 0 Å². The van der Waals surface area contributed by atoms with Crippen molar-refractivity contribution in [2.24, 2.45) is 5.41 Å². The van der Waals surface area contributed by atoms with Gasteiger partial charge in [0.15, 0.2) is 0 Å². The third-order valence-corrected chi connectivity index (χ3v) is 2.25. The molecule has 0 aromatic heterocycles. The molecule has 1 N–H and O–H groups in total. The molecule has 5 nitrogen and oxygen atoms in total. The SMILES string of the molecule is COCCOCCOCCC(C)(C)C(=O)O. The summed E-state index contributed by atoms with van der Waals surface area (Å²) >= 11 is 0. The van der Waals surface area contributed by atoms with Gasteiger partial charge in [-0.1, -0.05) is 0 Å². The van der Waals surface area contributed by atoms with Crippen LogP contribution in [0.15, 0.2) is 0 Å². The lowest BCUT2D eigenvalue weighted by atomic mass is 9.90. The zero-order valence-corrected chi connectivity index (χ0v) is 10.3. The van der Waals surface area contributed by atoms with E-state index in [1.54, 1.807) is 21.0 Å². The van der Waals surface area contributed by atoms with Crippen molar-refractivity contribution in [3.05, 3.63) is 0 Å². The molecule has 0 rings (SSSR count). The highest BCUT2D eigenvalue weighted by Gasteiger charge is 2.26. The van der Waals surface area contributed by atoms with Gasteiger partial charge in [-0.05, 0) is 20.3 Å². The van der Waals surface area contributed by atoms with E-state index in [0.29, 0.717) is 39.5 Å². The number of ether oxygens (including phenoxy) is 3. The van der Waals surface area contributed by atoms with Gasteiger partial charge in [0.1, 0.15) is 0 Å². The third-order valence-electron chi connectivity index (χ3n) is 2.25. The molecule has 16 heavy (non-hydrogen) atoms. The summed E-state index contributed by atoms with van der Waals surface area (Å²) in [5.41, 5.74) is -0.725. The fourth-order valence-electron chi connectivity index (χ4n) is 0.898. The van der Waals surface area contributed by atoms with Gasteiger partial charge in [-0.15, -0.1) is 0 Å². The van der Waals surface area contributed by atoms with E-state index in [1.165, 1.54) is 0 Å². The van der Waals surface area contributed by atoms with E-state index in [1.807, 2.05) is 0 Å². The van der Waals surface area contributed by atoms with Gasteiger partial charge in [0, 0.05) is 13.7 Å². The number of methoxy groups -OCH3 is 1. The summed E-state index contributed by atoms with van der Waals surface area (Å²) in [6.45, 7) is 5.94. The summed E-state index contributed by atoms with van der Waals surface area (Å²) in [5, 5.41) is 8.85. The van der Waals surface area contributed by atoms with Crippen molar-refractivity contribution in [3.8, 4) is 0 Å². The van der Waals surface area contributed by atoms with Gasteiger partial charge in [-0.2, -0.15) is 0 Å². The second-order valence-corrected chi connectivity index (χ2v) is 4.16. The second-order valence-electron chi connectivity index (χ2n) is 4.16. The van der Waals surface area contributed by atoms with Gasteiger partial charge in [0.25, 0.3) is 0 Å². The highest BCUT2D eigenvalue weighted by molar-refractivity contribution is 5.73. The molecule has 0 saturated carbocycles.